The molecule has 0 fully saturated rings. The number of halogens is 2. The minimum atomic E-state index is 0.672. The third kappa shape index (κ3) is 7.30. The van der Waals surface area contributed by atoms with Gasteiger partial charge in [0.15, 0.2) is 5.75 Å². The number of nitrogen functional groups attached to an aromatic ring is 1. The zero-order chi connectivity index (χ0) is 23.5. The SMILES string of the molecule is C#C.CCN(CCc1cc(Oc2c(Br)cc(N)cc2Br)ccc1NC)Cc1ccccc1. The van der Waals surface area contributed by atoms with Crippen LogP contribution < -0.4 is 15.8 Å². The highest BCUT2D eigenvalue weighted by Gasteiger charge is 2.12. The monoisotopic (exact) mass is 557 g/mol. The van der Waals surface area contributed by atoms with Gasteiger partial charge in [-0.25, -0.2) is 0 Å². The summed E-state index contributed by atoms with van der Waals surface area (Å²) in [5, 5.41) is 3.30. The van der Waals surface area contributed by atoms with Gasteiger partial charge in [0.1, 0.15) is 5.75 Å². The Hall–Kier alpha value is -2.46. The number of ether oxygens (including phenoxy) is 1. The summed E-state index contributed by atoms with van der Waals surface area (Å²) in [6.07, 6.45) is 8.93. The molecule has 0 aliphatic carbocycles. The van der Waals surface area contributed by atoms with Crippen LogP contribution in [0.3, 0.4) is 0 Å². The molecule has 0 heterocycles. The van der Waals surface area contributed by atoms with Crippen molar-refractivity contribution in [2.75, 3.05) is 31.2 Å². The van der Waals surface area contributed by atoms with E-state index in [2.05, 4.69) is 104 Å². The van der Waals surface area contributed by atoms with Gasteiger partial charge in [-0.2, -0.15) is 0 Å². The summed E-state index contributed by atoms with van der Waals surface area (Å²) >= 11 is 7.08. The molecule has 3 aromatic rings. The highest BCUT2D eigenvalue weighted by Crippen LogP contribution is 2.39. The number of terminal acetylenes is 1. The number of hydrogen-bond acceptors (Lipinski definition) is 4. The Kier molecular flexibility index (Phi) is 10.6. The smallest absolute Gasteiger partial charge is 0.155 e. The third-order valence-electron chi connectivity index (χ3n) is 4.98. The molecule has 3 rings (SSSR count). The lowest BCUT2D eigenvalue weighted by atomic mass is 10.1. The first-order valence-electron chi connectivity index (χ1n) is 10.3. The molecule has 0 bridgehead atoms. The maximum atomic E-state index is 6.17. The van der Waals surface area contributed by atoms with Crippen LogP contribution in [0.1, 0.15) is 18.1 Å². The first-order valence-corrected chi connectivity index (χ1v) is 11.9. The van der Waals surface area contributed by atoms with E-state index >= 15 is 0 Å². The fourth-order valence-electron chi connectivity index (χ4n) is 3.35. The summed E-state index contributed by atoms with van der Waals surface area (Å²) in [7, 11) is 1.95. The summed E-state index contributed by atoms with van der Waals surface area (Å²) in [6, 6.07) is 20.4. The maximum Gasteiger partial charge on any atom is 0.155 e. The molecule has 0 radical (unpaired) electrons. The van der Waals surface area contributed by atoms with Crippen molar-refractivity contribution in [2.45, 2.75) is 19.9 Å². The molecule has 0 aromatic heterocycles. The van der Waals surface area contributed by atoms with Crippen molar-refractivity contribution in [3.63, 3.8) is 0 Å². The summed E-state index contributed by atoms with van der Waals surface area (Å²) in [5.41, 5.74) is 10.2. The Balaban J connectivity index is 0.00000176. The van der Waals surface area contributed by atoms with E-state index in [4.69, 9.17) is 10.5 Å². The normalized spacial score (nSPS) is 10.3. The summed E-state index contributed by atoms with van der Waals surface area (Å²) < 4.78 is 7.80. The zero-order valence-corrected chi connectivity index (χ0v) is 21.6. The van der Waals surface area contributed by atoms with Crippen LogP contribution in [-0.4, -0.2) is 25.0 Å². The number of rotatable bonds is 9. The second-order valence-electron chi connectivity index (χ2n) is 7.09. The number of nitrogens with one attached hydrogen (secondary N) is 1. The molecule has 0 spiro atoms. The number of likely N-dealkylation sites (N-methyl/N-ethyl adjacent to an activating group) is 1. The van der Waals surface area contributed by atoms with Crippen molar-refractivity contribution in [3.05, 3.63) is 80.7 Å². The first kappa shape index (κ1) is 25.8. The van der Waals surface area contributed by atoms with Gasteiger partial charge in [0.25, 0.3) is 0 Å². The van der Waals surface area contributed by atoms with Crippen molar-refractivity contribution < 1.29 is 4.74 Å². The van der Waals surface area contributed by atoms with Gasteiger partial charge in [-0.05, 0) is 86.3 Å². The summed E-state index contributed by atoms with van der Waals surface area (Å²) in [6.45, 7) is 5.13. The molecule has 4 nitrogen and oxygen atoms in total. The molecule has 3 aromatic carbocycles. The van der Waals surface area contributed by atoms with Crippen LogP contribution in [0.15, 0.2) is 69.6 Å². The van der Waals surface area contributed by atoms with Crippen molar-refractivity contribution in [1.82, 2.24) is 4.90 Å². The predicted molar refractivity (Wildman–Crippen MR) is 143 cm³/mol. The average Bonchev–Trinajstić information content (AvgIpc) is 2.81. The van der Waals surface area contributed by atoms with Gasteiger partial charge >= 0.3 is 0 Å². The van der Waals surface area contributed by atoms with E-state index in [0.717, 1.165) is 46.4 Å². The average molecular weight is 559 g/mol. The van der Waals surface area contributed by atoms with Crippen molar-refractivity contribution in [1.29, 1.82) is 0 Å². The van der Waals surface area contributed by atoms with Crippen molar-refractivity contribution >= 4 is 43.2 Å². The van der Waals surface area contributed by atoms with Gasteiger partial charge in [-0.3, -0.25) is 4.90 Å². The Labute approximate surface area is 208 Å². The zero-order valence-electron chi connectivity index (χ0n) is 18.4. The van der Waals surface area contributed by atoms with Gasteiger partial charge in [0.05, 0.1) is 8.95 Å². The van der Waals surface area contributed by atoms with Crippen LogP contribution in [0, 0.1) is 12.8 Å². The topological polar surface area (TPSA) is 50.5 Å². The van der Waals surface area contributed by atoms with E-state index in [9.17, 15) is 0 Å². The lowest BCUT2D eigenvalue weighted by Gasteiger charge is -2.21. The van der Waals surface area contributed by atoms with E-state index in [1.54, 1.807) is 0 Å². The number of benzene rings is 3. The molecule has 0 aliphatic heterocycles. The largest absolute Gasteiger partial charge is 0.455 e. The molecule has 168 valence electrons. The fourth-order valence-corrected chi connectivity index (χ4v) is 4.73. The number of nitrogens with zero attached hydrogens (tertiary/aromatic N) is 1. The van der Waals surface area contributed by atoms with Crippen LogP contribution in [0.2, 0.25) is 0 Å². The van der Waals surface area contributed by atoms with E-state index in [0.29, 0.717) is 11.4 Å². The van der Waals surface area contributed by atoms with Gasteiger partial charge in [-0.1, -0.05) is 37.3 Å². The maximum absolute atomic E-state index is 6.17. The molecule has 0 aliphatic rings. The number of anilines is 2. The highest BCUT2D eigenvalue weighted by molar-refractivity contribution is 9.11. The molecule has 0 saturated carbocycles. The first-order chi connectivity index (χ1) is 15.5. The number of nitrogens with two attached hydrogens (primary N) is 1. The van der Waals surface area contributed by atoms with Crippen LogP contribution in [0.5, 0.6) is 11.5 Å². The quantitative estimate of drug-likeness (QED) is 0.220. The Morgan fingerprint density at radius 3 is 2.25 bits per heavy atom. The molecule has 0 amide bonds. The Morgan fingerprint density at radius 2 is 1.66 bits per heavy atom. The molecule has 0 saturated heterocycles. The summed E-state index contributed by atoms with van der Waals surface area (Å²) in [4.78, 5) is 2.45. The fraction of sp³-hybridized carbons (Fsp3) is 0.231. The molecule has 6 heteroatoms. The lowest BCUT2D eigenvalue weighted by Crippen LogP contribution is -2.25. The van der Waals surface area contributed by atoms with E-state index < -0.39 is 0 Å². The van der Waals surface area contributed by atoms with Crippen LogP contribution in [0.4, 0.5) is 11.4 Å². The second kappa shape index (κ2) is 13.2. The number of hydrogen-bond donors (Lipinski definition) is 2. The standard InChI is InChI=1S/C24H27Br2N3O.C2H2/c1-3-29(16-17-7-5-4-6-8-17)12-11-18-13-20(9-10-23(18)28-2)30-24-21(25)14-19(27)15-22(24)26;1-2/h4-10,13-15,28H,3,11-12,16,27H2,1-2H3;1-2H. The third-order valence-corrected chi connectivity index (χ3v) is 6.16. The van der Waals surface area contributed by atoms with Crippen LogP contribution >= 0.6 is 31.9 Å². The molecule has 3 N–H and O–H groups in total. The van der Waals surface area contributed by atoms with Crippen molar-refractivity contribution in [2.24, 2.45) is 0 Å². The van der Waals surface area contributed by atoms with E-state index in [-0.39, 0.29) is 0 Å². The molecule has 0 atom stereocenters. The highest BCUT2D eigenvalue weighted by atomic mass is 79.9. The van der Waals surface area contributed by atoms with Gasteiger partial charge in [0, 0.05) is 31.5 Å². The minimum Gasteiger partial charge on any atom is -0.455 e. The van der Waals surface area contributed by atoms with Crippen molar-refractivity contribution in [3.8, 4) is 24.3 Å². The van der Waals surface area contributed by atoms with Gasteiger partial charge in [-0.15, -0.1) is 12.8 Å². The van der Waals surface area contributed by atoms with Crippen LogP contribution in [-0.2, 0) is 13.0 Å². The van der Waals surface area contributed by atoms with Gasteiger partial charge < -0.3 is 15.8 Å². The second-order valence-corrected chi connectivity index (χ2v) is 8.80. The van der Waals surface area contributed by atoms with E-state index in [1.807, 2.05) is 25.2 Å². The Morgan fingerprint density at radius 1 is 1.00 bits per heavy atom. The summed E-state index contributed by atoms with van der Waals surface area (Å²) in [5.74, 6) is 1.51. The molecular formula is C26H29Br2N3O. The van der Waals surface area contributed by atoms with Gasteiger partial charge in [0.2, 0.25) is 0 Å². The molecule has 32 heavy (non-hydrogen) atoms. The Bertz CT molecular complexity index is 999. The minimum absolute atomic E-state index is 0.672. The predicted octanol–water partition coefficient (Wildman–Crippen LogP) is 6.94. The van der Waals surface area contributed by atoms with Crippen LogP contribution in [0.25, 0.3) is 0 Å². The molecule has 0 unspecified atom stereocenters. The lowest BCUT2D eigenvalue weighted by molar-refractivity contribution is 0.283. The molecular weight excluding hydrogens is 530 g/mol. The van der Waals surface area contributed by atoms with E-state index in [1.165, 1.54) is 11.1 Å².